The van der Waals surface area contributed by atoms with Crippen molar-refractivity contribution in [1.82, 2.24) is 24.6 Å². The number of benzene rings is 1. The number of amides is 1. The van der Waals surface area contributed by atoms with Crippen LogP contribution in [0.4, 0.5) is 11.6 Å². The molecule has 2 aliphatic heterocycles. The first-order valence-electron chi connectivity index (χ1n) is 12.6. The predicted octanol–water partition coefficient (Wildman–Crippen LogP) is 1.92. The van der Waals surface area contributed by atoms with E-state index in [1.54, 1.807) is 29.1 Å². The van der Waals surface area contributed by atoms with Gasteiger partial charge in [0.2, 0.25) is 5.95 Å². The first-order valence-corrected chi connectivity index (χ1v) is 12.6. The van der Waals surface area contributed by atoms with Gasteiger partial charge in [0.15, 0.2) is 0 Å². The second kappa shape index (κ2) is 11.1. The van der Waals surface area contributed by atoms with Crippen LogP contribution in [0.3, 0.4) is 0 Å². The highest BCUT2D eigenvalue weighted by Gasteiger charge is 2.43. The van der Waals surface area contributed by atoms with E-state index >= 15 is 0 Å². The maximum Gasteiger partial charge on any atom is 0.321 e. The van der Waals surface area contributed by atoms with Crippen LogP contribution < -0.4 is 5.32 Å². The van der Waals surface area contributed by atoms with Crippen LogP contribution >= 0.6 is 0 Å². The van der Waals surface area contributed by atoms with Crippen molar-refractivity contribution in [2.45, 2.75) is 32.3 Å². The summed E-state index contributed by atoms with van der Waals surface area (Å²) < 4.78 is 2.02. The smallest absolute Gasteiger partial charge is 0.321 e. The quantitative estimate of drug-likeness (QED) is 0.299. The number of rotatable bonds is 4. The first kappa shape index (κ1) is 27.6. The summed E-state index contributed by atoms with van der Waals surface area (Å²) in [6.07, 6.45) is 9.35. The Morgan fingerprint density at radius 1 is 1.11 bits per heavy atom. The van der Waals surface area contributed by atoms with Crippen molar-refractivity contribution in [2.75, 3.05) is 32.5 Å². The molecular formula is C27H36N7O4+. The number of nitrogens with zero attached hydrogens (tertiary/aromatic N) is 6. The minimum Gasteiger partial charge on any atom is -0.340 e. The molecule has 2 aliphatic rings. The zero-order valence-corrected chi connectivity index (χ0v) is 22.2. The van der Waals surface area contributed by atoms with Gasteiger partial charge in [0.1, 0.15) is 17.9 Å². The van der Waals surface area contributed by atoms with E-state index in [4.69, 9.17) is 20.3 Å². The second-order valence-corrected chi connectivity index (χ2v) is 10.2. The summed E-state index contributed by atoms with van der Waals surface area (Å²) in [5, 5.41) is 33.1. The molecular weight excluding hydrogens is 486 g/mol. The zero-order chi connectivity index (χ0) is 27.5. The highest BCUT2D eigenvalue weighted by molar-refractivity contribution is 5.75. The minimum atomic E-state index is -2.71. The van der Waals surface area contributed by atoms with Crippen LogP contribution in [-0.2, 0) is 24.4 Å². The molecule has 1 atom stereocenters. The molecule has 1 fully saturated rings. The number of aryl methyl sites for hydroxylation is 1. The third kappa shape index (κ3) is 6.32. The number of piperidine rings is 1. The van der Waals surface area contributed by atoms with Gasteiger partial charge in [-0.2, -0.15) is 5.10 Å². The van der Waals surface area contributed by atoms with E-state index in [1.807, 2.05) is 33.4 Å². The molecule has 3 aromatic rings. The highest BCUT2D eigenvalue weighted by atomic mass is 16.7. The van der Waals surface area contributed by atoms with Crippen LogP contribution in [-0.4, -0.2) is 77.5 Å². The molecule has 1 aromatic carbocycles. The molecule has 202 valence electrons. The third-order valence-electron chi connectivity index (χ3n) is 7.19. The molecule has 0 bridgehead atoms. The van der Waals surface area contributed by atoms with Gasteiger partial charge in [-0.25, -0.2) is 19.2 Å². The van der Waals surface area contributed by atoms with Gasteiger partial charge >= 0.3 is 11.9 Å². The van der Waals surface area contributed by atoms with Gasteiger partial charge in [0, 0.05) is 43.6 Å². The number of fused-ring (bicyclic) bond motifs is 1. The number of carbonyl (C=O) groups is 1. The number of nitrogens with one attached hydrogen (secondary N) is 1. The van der Waals surface area contributed by atoms with Crippen LogP contribution in [0, 0.1) is 5.92 Å². The summed E-state index contributed by atoms with van der Waals surface area (Å²) in [7, 11) is 6.00. The Kier molecular flexibility index (Phi) is 8.05. The number of likely N-dealkylation sites (tertiary alicyclic amines) is 1. The van der Waals surface area contributed by atoms with Gasteiger partial charge < -0.3 is 25.5 Å². The van der Waals surface area contributed by atoms with Gasteiger partial charge in [-0.05, 0) is 33.0 Å². The van der Waals surface area contributed by atoms with Crippen LogP contribution in [0.5, 0.6) is 0 Å². The summed E-state index contributed by atoms with van der Waals surface area (Å²) >= 11 is 0. The lowest BCUT2D eigenvalue weighted by Crippen LogP contribution is -2.53. The standard InChI is InChI=1S/C20H28N7O.C7H8O3/c1-14-9-16-10-21-20(23-17-11-22-26(3)12-17)24-18(16)13-27(14,4)19(28)15-5-7-25(2)8-6-15;8-7(9,10)6-4-2-1-3-5-6/h9-12,15H,5-8,13H2,1-4H3,(H,21,23,24);1-5,8-10H/q+1;. The lowest BCUT2D eigenvalue weighted by molar-refractivity contribution is -0.812. The van der Waals surface area contributed by atoms with Gasteiger partial charge in [-0.1, -0.05) is 30.3 Å². The molecule has 4 N–H and O–H groups in total. The Balaban J connectivity index is 0.000000283. The van der Waals surface area contributed by atoms with E-state index in [0.717, 1.165) is 48.6 Å². The highest BCUT2D eigenvalue weighted by Crippen LogP contribution is 2.33. The Bertz CT molecular complexity index is 1290. The molecule has 2 aromatic heterocycles. The minimum absolute atomic E-state index is 0.0648. The van der Waals surface area contributed by atoms with Crippen molar-refractivity contribution in [1.29, 1.82) is 0 Å². The molecule has 0 aliphatic carbocycles. The number of aliphatic hydroxyl groups is 3. The fourth-order valence-corrected chi connectivity index (χ4v) is 4.71. The van der Waals surface area contributed by atoms with E-state index in [0.29, 0.717) is 22.9 Å². The molecule has 0 radical (unpaired) electrons. The Hall–Kier alpha value is -3.48. The van der Waals surface area contributed by atoms with Gasteiger partial charge in [-0.3, -0.25) is 4.68 Å². The molecule has 4 heterocycles. The van der Waals surface area contributed by atoms with Crippen molar-refractivity contribution in [3.8, 4) is 0 Å². The van der Waals surface area contributed by atoms with Gasteiger partial charge in [-0.15, -0.1) is 0 Å². The maximum absolute atomic E-state index is 13.4. The van der Waals surface area contributed by atoms with Crippen molar-refractivity contribution in [3.05, 3.63) is 71.4 Å². The average Bonchev–Trinajstić information content (AvgIpc) is 3.29. The zero-order valence-electron chi connectivity index (χ0n) is 22.2. The monoisotopic (exact) mass is 522 g/mol. The van der Waals surface area contributed by atoms with Crippen molar-refractivity contribution < 1.29 is 24.6 Å². The SMILES string of the molecule is CC1=Cc2cnc(Nc3cnn(C)c3)nc2C[N+]1(C)C(=O)C1CCN(C)CC1.OC(O)(O)c1ccccc1. The largest absolute Gasteiger partial charge is 0.340 e. The average molecular weight is 523 g/mol. The van der Waals surface area contributed by atoms with E-state index in [-0.39, 0.29) is 11.5 Å². The van der Waals surface area contributed by atoms with Crippen molar-refractivity contribution in [2.24, 2.45) is 13.0 Å². The lowest BCUT2D eigenvalue weighted by atomic mass is 9.93. The maximum atomic E-state index is 13.4. The lowest BCUT2D eigenvalue weighted by Gasteiger charge is -2.38. The Morgan fingerprint density at radius 2 is 1.79 bits per heavy atom. The molecule has 0 spiro atoms. The van der Waals surface area contributed by atoms with Crippen molar-refractivity contribution >= 4 is 23.6 Å². The predicted molar refractivity (Wildman–Crippen MR) is 142 cm³/mol. The number of anilines is 2. The fraction of sp³-hybridized carbons (Fsp3) is 0.407. The van der Waals surface area contributed by atoms with E-state index in [2.05, 4.69) is 33.4 Å². The molecule has 1 unspecified atom stereocenters. The summed E-state index contributed by atoms with van der Waals surface area (Å²) in [5.74, 6) is -1.77. The number of aromatic nitrogens is 4. The molecule has 5 rings (SSSR count). The summed E-state index contributed by atoms with van der Waals surface area (Å²) in [5.41, 5.74) is 3.84. The van der Waals surface area contributed by atoms with Crippen LogP contribution in [0.25, 0.3) is 6.08 Å². The Morgan fingerprint density at radius 3 is 2.37 bits per heavy atom. The van der Waals surface area contributed by atoms with Crippen LogP contribution in [0.15, 0.2) is 54.6 Å². The molecule has 38 heavy (non-hydrogen) atoms. The fourth-order valence-electron chi connectivity index (χ4n) is 4.71. The molecule has 1 amide bonds. The number of hydrogen-bond donors (Lipinski definition) is 4. The third-order valence-corrected chi connectivity index (χ3v) is 7.19. The molecule has 11 nitrogen and oxygen atoms in total. The van der Waals surface area contributed by atoms with E-state index in [1.165, 1.54) is 12.1 Å². The summed E-state index contributed by atoms with van der Waals surface area (Å²) in [6.45, 7) is 4.57. The van der Waals surface area contributed by atoms with Gasteiger partial charge in [0.25, 0.3) is 0 Å². The Labute approximate surface area is 222 Å². The summed E-state index contributed by atoms with van der Waals surface area (Å²) in [4.78, 5) is 24.8. The van der Waals surface area contributed by atoms with Crippen LogP contribution in [0.1, 0.15) is 36.6 Å². The topological polar surface area (TPSA) is 137 Å². The normalized spacial score (nSPS) is 20.1. The number of allylic oxidation sites excluding steroid dienone is 1. The van der Waals surface area contributed by atoms with Crippen molar-refractivity contribution in [3.63, 3.8) is 0 Å². The number of hydrogen-bond acceptors (Lipinski definition) is 9. The van der Waals surface area contributed by atoms with E-state index < -0.39 is 5.97 Å². The molecule has 0 saturated carbocycles. The second-order valence-electron chi connectivity index (χ2n) is 10.2. The number of quaternary nitrogens is 1. The van der Waals surface area contributed by atoms with Gasteiger partial charge in [0.05, 0.1) is 24.8 Å². The molecule has 1 saturated heterocycles. The first-order chi connectivity index (χ1) is 18.0. The molecule has 11 heteroatoms. The van der Waals surface area contributed by atoms with E-state index in [9.17, 15) is 4.79 Å². The summed E-state index contributed by atoms with van der Waals surface area (Å²) in [6, 6.07) is 7.76. The van der Waals surface area contributed by atoms with Crippen LogP contribution in [0.2, 0.25) is 0 Å². The number of carbonyl (C=O) groups excluding carboxylic acids is 1.